The van der Waals surface area contributed by atoms with E-state index in [1.165, 1.54) is 6.20 Å². The summed E-state index contributed by atoms with van der Waals surface area (Å²) in [5, 5.41) is 3.46. The predicted octanol–water partition coefficient (Wildman–Crippen LogP) is 3.28. The van der Waals surface area contributed by atoms with Gasteiger partial charge in [0.1, 0.15) is 6.04 Å². The highest BCUT2D eigenvalue weighted by atomic mass is 19.4. The molecule has 22 heavy (non-hydrogen) atoms. The van der Waals surface area contributed by atoms with Gasteiger partial charge in [-0.1, -0.05) is 12.2 Å². The minimum absolute atomic E-state index is 0.230. The lowest BCUT2D eigenvalue weighted by Crippen LogP contribution is -2.37. The summed E-state index contributed by atoms with van der Waals surface area (Å²) in [6.07, 6.45) is 3.92. The van der Waals surface area contributed by atoms with Crippen LogP contribution in [0.2, 0.25) is 0 Å². The summed E-state index contributed by atoms with van der Waals surface area (Å²) in [7, 11) is 1.69. The van der Waals surface area contributed by atoms with Gasteiger partial charge in [-0.3, -0.25) is 9.48 Å². The highest BCUT2D eigenvalue weighted by Crippen LogP contribution is 2.28. The molecule has 0 saturated carbocycles. The number of rotatable bonds is 4. The molecule has 0 fully saturated rings. The minimum Gasteiger partial charge on any atom is -0.344 e. The van der Waals surface area contributed by atoms with Gasteiger partial charge in [-0.2, -0.15) is 18.3 Å². The molecule has 122 valence electrons. The Kier molecular flexibility index (Phi) is 4.93. The molecule has 0 aromatic carbocycles. The molecule has 0 spiro atoms. The maximum atomic E-state index is 12.6. The molecular formula is C15H20F3N3O. The molecule has 0 N–H and O–H groups in total. The summed E-state index contributed by atoms with van der Waals surface area (Å²) in [5.41, 5.74) is -0.979. The lowest BCUT2D eigenvalue weighted by Gasteiger charge is -2.27. The van der Waals surface area contributed by atoms with Crippen LogP contribution in [0.25, 0.3) is 0 Å². The van der Waals surface area contributed by atoms with E-state index in [9.17, 15) is 18.0 Å². The second-order valence-electron chi connectivity index (χ2n) is 5.72. The first kappa shape index (κ1) is 16.6. The average Bonchev–Trinajstić information content (AvgIpc) is 2.96. The summed E-state index contributed by atoms with van der Waals surface area (Å²) in [4.78, 5) is 13.9. The Labute approximate surface area is 127 Å². The van der Waals surface area contributed by atoms with Gasteiger partial charge < -0.3 is 4.90 Å². The van der Waals surface area contributed by atoms with Crippen LogP contribution in [0, 0.1) is 5.92 Å². The van der Waals surface area contributed by atoms with E-state index in [4.69, 9.17) is 0 Å². The second-order valence-corrected chi connectivity index (χ2v) is 5.72. The van der Waals surface area contributed by atoms with Crippen LogP contribution in [-0.2, 0) is 11.0 Å². The van der Waals surface area contributed by atoms with Crippen LogP contribution in [-0.4, -0.2) is 34.2 Å². The Hall–Kier alpha value is -1.79. The Morgan fingerprint density at radius 3 is 2.77 bits per heavy atom. The minimum atomic E-state index is -4.49. The molecule has 0 radical (unpaired) electrons. The van der Waals surface area contributed by atoms with Gasteiger partial charge in [0.2, 0.25) is 5.91 Å². The number of amides is 1. The Morgan fingerprint density at radius 2 is 2.23 bits per heavy atom. The molecule has 1 aliphatic rings. The zero-order valence-electron chi connectivity index (χ0n) is 12.7. The van der Waals surface area contributed by atoms with Gasteiger partial charge >= 0.3 is 6.18 Å². The number of carbonyl (C=O) groups is 1. The molecule has 0 aliphatic heterocycles. The van der Waals surface area contributed by atoms with Crippen LogP contribution in [0.1, 0.15) is 37.9 Å². The van der Waals surface area contributed by atoms with E-state index in [0.717, 1.165) is 30.0 Å². The number of nitrogens with zero attached hydrogens (tertiary/aromatic N) is 3. The number of carbonyl (C=O) groups excluding carboxylic acids is 1. The number of aromatic nitrogens is 2. The topological polar surface area (TPSA) is 38.1 Å². The number of hydrogen-bond donors (Lipinski definition) is 0. The van der Waals surface area contributed by atoms with Crippen LogP contribution in [0.3, 0.4) is 0 Å². The molecule has 1 aliphatic carbocycles. The maximum absolute atomic E-state index is 12.6. The van der Waals surface area contributed by atoms with Crippen molar-refractivity contribution in [1.82, 2.24) is 14.7 Å². The zero-order valence-corrected chi connectivity index (χ0v) is 12.7. The van der Waals surface area contributed by atoms with Gasteiger partial charge in [-0.15, -0.1) is 0 Å². The van der Waals surface area contributed by atoms with Crippen molar-refractivity contribution in [2.24, 2.45) is 5.92 Å². The fourth-order valence-corrected chi connectivity index (χ4v) is 2.64. The van der Waals surface area contributed by atoms with Gasteiger partial charge in [0.05, 0.1) is 0 Å². The lowest BCUT2D eigenvalue weighted by molar-refractivity contribution is -0.142. The van der Waals surface area contributed by atoms with E-state index in [2.05, 4.69) is 17.3 Å². The molecule has 7 heteroatoms. The maximum Gasteiger partial charge on any atom is 0.435 e. The molecule has 1 heterocycles. The van der Waals surface area contributed by atoms with Crippen molar-refractivity contribution in [2.45, 2.75) is 38.4 Å². The summed E-state index contributed by atoms with van der Waals surface area (Å²) >= 11 is 0. The third kappa shape index (κ3) is 3.90. The molecule has 0 bridgehead atoms. The van der Waals surface area contributed by atoms with E-state index in [-0.39, 0.29) is 5.91 Å². The summed E-state index contributed by atoms with van der Waals surface area (Å²) in [6, 6.07) is 0.135. The number of allylic oxidation sites excluding steroid dienone is 2. The van der Waals surface area contributed by atoms with Gasteiger partial charge in [0.25, 0.3) is 0 Å². The number of halogens is 3. The van der Waals surface area contributed by atoms with Crippen molar-refractivity contribution in [1.29, 1.82) is 0 Å². The van der Waals surface area contributed by atoms with Gasteiger partial charge in [-0.25, -0.2) is 0 Å². The summed E-state index contributed by atoms with van der Waals surface area (Å²) in [5.74, 6) is 0.181. The quantitative estimate of drug-likeness (QED) is 0.800. The van der Waals surface area contributed by atoms with E-state index in [1.54, 1.807) is 18.9 Å². The zero-order chi connectivity index (χ0) is 16.3. The van der Waals surface area contributed by atoms with Crippen molar-refractivity contribution in [2.75, 3.05) is 13.6 Å². The molecule has 2 unspecified atom stereocenters. The summed E-state index contributed by atoms with van der Waals surface area (Å²) in [6.45, 7) is 2.17. The Balaban J connectivity index is 1.98. The molecule has 2 rings (SSSR count). The van der Waals surface area contributed by atoms with Crippen molar-refractivity contribution < 1.29 is 18.0 Å². The number of hydrogen-bond acceptors (Lipinski definition) is 2. The average molecular weight is 315 g/mol. The first-order valence-electron chi connectivity index (χ1n) is 7.31. The third-order valence-electron chi connectivity index (χ3n) is 3.94. The van der Waals surface area contributed by atoms with Gasteiger partial charge in [-0.05, 0) is 38.2 Å². The number of likely N-dealkylation sites (N-methyl/N-ethyl adjacent to an activating group) is 1. The SMILES string of the molecule is CC(C(=O)N(C)CC1CC=CCC1)n1ccc(C(F)(F)F)n1. The van der Waals surface area contributed by atoms with E-state index in [1.807, 2.05) is 0 Å². The van der Waals surface area contributed by atoms with Crippen LogP contribution in [0.5, 0.6) is 0 Å². The van der Waals surface area contributed by atoms with Crippen LogP contribution < -0.4 is 0 Å². The predicted molar refractivity (Wildman–Crippen MR) is 76.1 cm³/mol. The van der Waals surface area contributed by atoms with E-state index >= 15 is 0 Å². The molecule has 2 atom stereocenters. The highest BCUT2D eigenvalue weighted by molar-refractivity contribution is 5.79. The fraction of sp³-hybridized carbons (Fsp3) is 0.600. The molecule has 0 saturated heterocycles. The molecule has 1 amide bonds. The van der Waals surface area contributed by atoms with Gasteiger partial charge in [0, 0.05) is 19.8 Å². The van der Waals surface area contributed by atoms with E-state index in [0.29, 0.717) is 12.5 Å². The largest absolute Gasteiger partial charge is 0.435 e. The monoisotopic (exact) mass is 315 g/mol. The van der Waals surface area contributed by atoms with Crippen LogP contribution in [0.15, 0.2) is 24.4 Å². The Bertz CT molecular complexity index is 550. The molecular weight excluding hydrogens is 295 g/mol. The van der Waals surface area contributed by atoms with Gasteiger partial charge in [0.15, 0.2) is 5.69 Å². The van der Waals surface area contributed by atoms with Crippen LogP contribution in [0.4, 0.5) is 13.2 Å². The fourth-order valence-electron chi connectivity index (χ4n) is 2.64. The normalized spacial score (nSPS) is 20.0. The highest BCUT2D eigenvalue weighted by Gasteiger charge is 2.34. The first-order chi connectivity index (χ1) is 10.3. The van der Waals surface area contributed by atoms with E-state index < -0.39 is 17.9 Å². The van der Waals surface area contributed by atoms with Crippen molar-refractivity contribution in [3.8, 4) is 0 Å². The summed E-state index contributed by atoms with van der Waals surface area (Å²) < 4.78 is 38.7. The third-order valence-corrected chi connectivity index (χ3v) is 3.94. The lowest BCUT2D eigenvalue weighted by atomic mass is 9.94. The Morgan fingerprint density at radius 1 is 1.50 bits per heavy atom. The second kappa shape index (κ2) is 6.54. The molecule has 1 aromatic heterocycles. The number of alkyl halides is 3. The van der Waals surface area contributed by atoms with Crippen molar-refractivity contribution in [3.63, 3.8) is 0 Å². The van der Waals surface area contributed by atoms with Crippen LogP contribution >= 0.6 is 0 Å². The van der Waals surface area contributed by atoms with Crippen molar-refractivity contribution in [3.05, 3.63) is 30.1 Å². The molecule has 4 nitrogen and oxygen atoms in total. The molecule has 1 aromatic rings. The standard InChI is InChI=1S/C15H20F3N3O/c1-11(21-9-8-13(19-21)15(16,17)18)14(22)20(2)10-12-6-4-3-5-7-12/h3-4,8-9,11-12H,5-7,10H2,1-2H3. The van der Waals surface area contributed by atoms with Crippen molar-refractivity contribution >= 4 is 5.91 Å². The smallest absolute Gasteiger partial charge is 0.344 e. The first-order valence-corrected chi connectivity index (χ1v) is 7.31.